The number of benzene rings is 2. The van der Waals surface area contributed by atoms with Gasteiger partial charge in [0, 0.05) is 13.1 Å². The Balaban J connectivity index is 2.57. The third kappa shape index (κ3) is 2.85. The smallest absolute Gasteiger partial charge is 0.264 e. The molecule has 0 heterocycles. The van der Waals surface area contributed by atoms with Gasteiger partial charge in [-0.05, 0) is 49.2 Å². The molecule has 0 aliphatic rings. The second kappa shape index (κ2) is 5.37. The van der Waals surface area contributed by atoms with Crippen LogP contribution in [0.4, 0.5) is 10.1 Å². The number of phenolic OH excluding ortho intramolecular Hbond substituents is 1. The average Bonchev–Trinajstić information content (AvgIpc) is 2.36. The van der Waals surface area contributed by atoms with Crippen molar-refractivity contribution in [1.82, 2.24) is 0 Å². The Morgan fingerprint density at radius 1 is 1.10 bits per heavy atom. The highest BCUT2D eigenvalue weighted by atomic mass is 32.2. The monoisotopic (exact) mass is 309 g/mol. The van der Waals surface area contributed by atoms with Crippen molar-refractivity contribution in [1.29, 1.82) is 0 Å². The number of halogens is 1. The number of phenols is 1. The van der Waals surface area contributed by atoms with Crippen LogP contribution in [0.5, 0.6) is 5.75 Å². The van der Waals surface area contributed by atoms with Crippen LogP contribution >= 0.6 is 0 Å². The number of aryl methyl sites for hydroxylation is 2. The molecule has 0 bridgehead atoms. The van der Waals surface area contributed by atoms with E-state index >= 15 is 0 Å². The maximum Gasteiger partial charge on any atom is 0.264 e. The summed E-state index contributed by atoms with van der Waals surface area (Å²) < 4.78 is 39.8. The molecular weight excluding hydrogens is 293 g/mol. The predicted octanol–water partition coefficient (Wildman–Crippen LogP) is 2.97. The summed E-state index contributed by atoms with van der Waals surface area (Å²) in [6.45, 7) is 3.11. The molecule has 0 aliphatic heterocycles. The van der Waals surface area contributed by atoms with Gasteiger partial charge in [0.15, 0.2) is 0 Å². The zero-order valence-corrected chi connectivity index (χ0v) is 12.8. The number of nitrogens with zero attached hydrogens (tertiary/aromatic N) is 1. The van der Waals surface area contributed by atoms with Crippen LogP contribution in [-0.2, 0) is 10.0 Å². The van der Waals surface area contributed by atoms with Gasteiger partial charge >= 0.3 is 0 Å². The number of hydrogen-bond donors (Lipinski definition) is 1. The summed E-state index contributed by atoms with van der Waals surface area (Å²) in [4.78, 5) is 0.0785. The van der Waals surface area contributed by atoms with Gasteiger partial charge < -0.3 is 5.11 Å². The van der Waals surface area contributed by atoms with Crippen molar-refractivity contribution in [3.63, 3.8) is 0 Å². The summed E-state index contributed by atoms with van der Waals surface area (Å²) in [6.07, 6.45) is 0. The predicted molar refractivity (Wildman–Crippen MR) is 79.6 cm³/mol. The first kappa shape index (κ1) is 15.3. The minimum absolute atomic E-state index is 0.0258. The molecule has 2 aromatic rings. The van der Waals surface area contributed by atoms with Crippen LogP contribution in [0.15, 0.2) is 41.3 Å². The van der Waals surface area contributed by atoms with Crippen molar-refractivity contribution >= 4 is 15.7 Å². The number of anilines is 1. The second-order valence-corrected chi connectivity index (χ2v) is 6.77. The molecular formula is C15H16FNO3S. The molecule has 0 radical (unpaired) electrons. The number of aromatic hydroxyl groups is 1. The summed E-state index contributed by atoms with van der Waals surface area (Å²) >= 11 is 0. The van der Waals surface area contributed by atoms with E-state index in [1.165, 1.54) is 31.3 Å². The minimum atomic E-state index is -3.83. The first-order valence-electron chi connectivity index (χ1n) is 6.28. The lowest BCUT2D eigenvalue weighted by molar-refractivity contribution is 0.475. The quantitative estimate of drug-likeness (QED) is 0.948. The second-order valence-electron chi connectivity index (χ2n) is 4.86. The molecule has 21 heavy (non-hydrogen) atoms. The fourth-order valence-electron chi connectivity index (χ4n) is 2.27. The van der Waals surface area contributed by atoms with E-state index in [1.807, 2.05) is 0 Å². The Labute approximate surface area is 123 Å². The van der Waals surface area contributed by atoms with Crippen LogP contribution in [0.3, 0.4) is 0 Å². The number of sulfonamides is 1. The van der Waals surface area contributed by atoms with Crippen LogP contribution in [0.25, 0.3) is 0 Å². The molecule has 0 fully saturated rings. The van der Waals surface area contributed by atoms with Gasteiger partial charge in [-0.15, -0.1) is 0 Å². The molecule has 0 amide bonds. The maximum absolute atomic E-state index is 13.3. The van der Waals surface area contributed by atoms with Crippen molar-refractivity contribution < 1.29 is 17.9 Å². The fraction of sp³-hybridized carbons (Fsp3) is 0.200. The van der Waals surface area contributed by atoms with E-state index in [2.05, 4.69) is 0 Å². The van der Waals surface area contributed by atoms with Gasteiger partial charge in [0.2, 0.25) is 0 Å². The van der Waals surface area contributed by atoms with Gasteiger partial charge in [0.1, 0.15) is 11.6 Å². The molecule has 4 nitrogen and oxygen atoms in total. The summed E-state index contributed by atoms with van der Waals surface area (Å²) in [7, 11) is -2.44. The van der Waals surface area contributed by atoms with E-state index in [0.717, 1.165) is 4.31 Å². The molecule has 2 rings (SSSR count). The third-order valence-electron chi connectivity index (χ3n) is 3.24. The zero-order chi connectivity index (χ0) is 15.8. The average molecular weight is 309 g/mol. The highest BCUT2D eigenvalue weighted by Crippen LogP contribution is 2.29. The van der Waals surface area contributed by atoms with Gasteiger partial charge in [-0.25, -0.2) is 12.8 Å². The first-order chi connectivity index (χ1) is 9.73. The Kier molecular flexibility index (Phi) is 3.91. The first-order valence-corrected chi connectivity index (χ1v) is 7.72. The largest absolute Gasteiger partial charge is 0.508 e. The van der Waals surface area contributed by atoms with E-state index in [0.29, 0.717) is 16.8 Å². The van der Waals surface area contributed by atoms with E-state index in [1.54, 1.807) is 26.0 Å². The van der Waals surface area contributed by atoms with E-state index in [4.69, 9.17) is 0 Å². The topological polar surface area (TPSA) is 57.6 Å². The molecule has 0 saturated carbocycles. The molecule has 1 N–H and O–H groups in total. The maximum atomic E-state index is 13.3. The summed E-state index contributed by atoms with van der Waals surface area (Å²) in [5.74, 6) is -0.494. The molecule has 0 atom stereocenters. The molecule has 0 unspecified atom stereocenters. The lowest BCUT2D eigenvalue weighted by Crippen LogP contribution is -2.28. The van der Waals surface area contributed by atoms with Crippen molar-refractivity contribution in [2.45, 2.75) is 18.7 Å². The molecule has 0 aliphatic carbocycles. The van der Waals surface area contributed by atoms with Gasteiger partial charge in [0.05, 0.1) is 10.6 Å². The van der Waals surface area contributed by atoms with Crippen LogP contribution in [0, 0.1) is 19.7 Å². The van der Waals surface area contributed by atoms with Crippen molar-refractivity contribution in [2.24, 2.45) is 0 Å². The summed E-state index contributed by atoms with van der Waals surface area (Å²) in [5.41, 5.74) is 1.03. The molecule has 0 saturated heterocycles. The standard InChI is InChI=1S/C15H16FNO3S/c1-10-7-12(16)8-11(2)15(10)21(19,20)17(3)13-5-4-6-14(18)9-13/h4-9,18H,1-3H3. The van der Waals surface area contributed by atoms with Crippen molar-refractivity contribution in [3.05, 3.63) is 53.3 Å². The fourth-order valence-corrected chi connectivity index (χ4v) is 3.87. The zero-order valence-electron chi connectivity index (χ0n) is 12.0. The molecule has 0 aromatic heterocycles. The Morgan fingerprint density at radius 3 is 2.19 bits per heavy atom. The van der Waals surface area contributed by atoms with E-state index in [-0.39, 0.29) is 10.6 Å². The number of hydrogen-bond acceptors (Lipinski definition) is 3. The lowest BCUT2D eigenvalue weighted by atomic mass is 10.1. The van der Waals surface area contributed by atoms with Crippen LogP contribution < -0.4 is 4.31 Å². The SMILES string of the molecule is Cc1cc(F)cc(C)c1S(=O)(=O)N(C)c1cccc(O)c1. The lowest BCUT2D eigenvalue weighted by Gasteiger charge is -2.22. The number of rotatable bonds is 3. The van der Waals surface area contributed by atoms with Gasteiger partial charge in [0.25, 0.3) is 10.0 Å². The van der Waals surface area contributed by atoms with Crippen LogP contribution in [0.1, 0.15) is 11.1 Å². The van der Waals surface area contributed by atoms with Crippen LogP contribution in [0.2, 0.25) is 0 Å². The Hall–Kier alpha value is -2.08. The summed E-state index contributed by atoms with van der Waals surface area (Å²) in [6, 6.07) is 8.32. The highest BCUT2D eigenvalue weighted by molar-refractivity contribution is 7.92. The highest BCUT2D eigenvalue weighted by Gasteiger charge is 2.25. The molecule has 112 valence electrons. The molecule has 6 heteroatoms. The third-order valence-corrected chi connectivity index (χ3v) is 5.33. The van der Waals surface area contributed by atoms with Crippen molar-refractivity contribution in [3.8, 4) is 5.75 Å². The Morgan fingerprint density at radius 2 is 1.67 bits per heavy atom. The molecule has 2 aromatic carbocycles. The summed E-state index contributed by atoms with van der Waals surface area (Å²) in [5, 5.41) is 9.47. The van der Waals surface area contributed by atoms with Crippen LogP contribution in [-0.4, -0.2) is 20.6 Å². The molecule has 0 spiro atoms. The van der Waals surface area contributed by atoms with Gasteiger partial charge in [-0.1, -0.05) is 6.07 Å². The van der Waals surface area contributed by atoms with Gasteiger partial charge in [-0.3, -0.25) is 4.31 Å². The Bertz CT molecular complexity index is 764. The normalized spacial score (nSPS) is 11.4. The van der Waals surface area contributed by atoms with E-state index in [9.17, 15) is 17.9 Å². The van der Waals surface area contributed by atoms with E-state index < -0.39 is 15.8 Å². The minimum Gasteiger partial charge on any atom is -0.508 e. The van der Waals surface area contributed by atoms with Crippen molar-refractivity contribution in [2.75, 3.05) is 11.4 Å². The van der Waals surface area contributed by atoms with Gasteiger partial charge in [-0.2, -0.15) is 0 Å².